The molecular weight excluding hydrogens is 404 g/mol. The number of amides is 4. The SMILES string of the molecule is CCCCCCCCOc1ccc(/C=C2/C(=O)N(C)C(=O)N(c3ccccc3)C2=O)cc1. The fourth-order valence-corrected chi connectivity index (χ4v) is 3.54. The summed E-state index contributed by atoms with van der Waals surface area (Å²) in [5, 5.41) is 0. The summed E-state index contributed by atoms with van der Waals surface area (Å²) in [6.07, 6.45) is 8.75. The maximum Gasteiger partial charge on any atom is 0.338 e. The van der Waals surface area contributed by atoms with Crippen molar-refractivity contribution in [1.82, 2.24) is 4.90 Å². The molecule has 0 bridgehead atoms. The molecule has 0 saturated carbocycles. The Morgan fingerprint density at radius 3 is 2.16 bits per heavy atom. The molecule has 32 heavy (non-hydrogen) atoms. The van der Waals surface area contributed by atoms with Crippen LogP contribution in [0.4, 0.5) is 10.5 Å². The van der Waals surface area contributed by atoms with Crippen molar-refractivity contribution in [3.8, 4) is 5.75 Å². The Bertz CT molecular complexity index is 967. The average Bonchev–Trinajstić information content (AvgIpc) is 2.81. The minimum Gasteiger partial charge on any atom is -0.494 e. The summed E-state index contributed by atoms with van der Waals surface area (Å²) in [6, 6.07) is 15.2. The molecule has 6 heteroatoms. The second-order valence-corrected chi connectivity index (χ2v) is 7.87. The van der Waals surface area contributed by atoms with Crippen molar-refractivity contribution in [2.75, 3.05) is 18.6 Å². The summed E-state index contributed by atoms with van der Waals surface area (Å²) in [5.74, 6) is -0.497. The number of carbonyl (C=O) groups excluding carboxylic acids is 3. The summed E-state index contributed by atoms with van der Waals surface area (Å²) in [6.45, 7) is 2.88. The number of likely N-dealkylation sites (N-methyl/N-ethyl adjacent to an activating group) is 1. The van der Waals surface area contributed by atoms with E-state index in [1.54, 1.807) is 42.5 Å². The quantitative estimate of drug-likeness (QED) is 0.284. The molecular formula is C26H30N2O4. The van der Waals surface area contributed by atoms with Crippen molar-refractivity contribution >= 4 is 29.6 Å². The lowest BCUT2D eigenvalue weighted by Gasteiger charge is -2.31. The Labute approximate surface area is 189 Å². The van der Waals surface area contributed by atoms with Gasteiger partial charge in [-0.3, -0.25) is 14.5 Å². The van der Waals surface area contributed by atoms with E-state index in [9.17, 15) is 14.4 Å². The first kappa shape index (κ1) is 23.3. The van der Waals surface area contributed by atoms with Gasteiger partial charge in [-0.05, 0) is 42.3 Å². The number of anilines is 1. The van der Waals surface area contributed by atoms with E-state index in [0.29, 0.717) is 17.9 Å². The number of urea groups is 1. The van der Waals surface area contributed by atoms with Crippen LogP contribution in [0.15, 0.2) is 60.2 Å². The molecule has 3 rings (SSSR count). The Balaban J connectivity index is 1.66. The number of rotatable bonds is 10. The number of ether oxygens (including phenoxy) is 1. The molecule has 0 aromatic heterocycles. The van der Waals surface area contributed by atoms with E-state index >= 15 is 0 Å². The van der Waals surface area contributed by atoms with Crippen LogP contribution in [0.3, 0.4) is 0 Å². The molecule has 168 valence electrons. The van der Waals surface area contributed by atoms with Crippen molar-refractivity contribution in [2.24, 2.45) is 0 Å². The lowest BCUT2D eigenvalue weighted by molar-refractivity contribution is -0.128. The lowest BCUT2D eigenvalue weighted by Crippen LogP contribution is -2.55. The molecule has 1 aliphatic heterocycles. The summed E-state index contributed by atoms with van der Waals surface area (Å²) < 4.78 is 5.79. The van der Waals surface area contributed by atoms with Crippen molar-refractivity contribution in [3.63, 3.8) is 0 Å². The van der Waals surface area contributed by atoms with Crippen molar-refractivity contribution in [3.05, 3.63) is 65.7 Å². The molecule has 0 radical (unpaired) electrons. The van der Waals surface area contributed by atoms with Crippen LogP contribution in [0, 0.1) is 0 Å². The van der Waals surface area contributed by atoms with Gasteiger partial charge in [-0.2, -0.15) is 0 Å². The second-order valence-electron chi connectivity index (χ2n) is 7.87. The topological polar surface area (TPSA) is 66.9 Å². The van der Waals surface area contributed by atoms with Crippen LogP contribution in [-0.2, 0) is 9.59 Å². The number of carbonyl (C=O) groups is 3. The summed E-state index contributed by atoms with van der Waals surface area (Å²) in [4.78, 5) is 40.2. The predicted octanol–water partition coefficient (Wildman–Crippen LogP) is 5.43. The van der Waals surface area contributed by atoms with Gasteiger partial charge in [0.05, 0.1) is 12.3 Å². The van der Waals surface area contributed by atoms with Gasteiger partial charge in [0.1, 0.15) is 11.3 Å². The molecule has 2 aromatic carbocycles. The van der Waals surface area contributed by atoms with Crippen molar-refractivity contribution in [1.29, 1.82) is 0 Å². The molecule has 0 N–H and O–H groups in total. The molecule has 1 aliphatic rings. The highest BCUT2D eigenvalue weighted by molar-refractivity contribution is 6.39. The van der Waals surface area contributed by atoms with E-state index in [-0.39, 0.29) is 5.57 Å². The maximum atomic E-state index is 13.0. The molecule has 1 fully saturated rings. The van der Waals surface area contributed by atoms with E-state index in [4.69, 9.17) is 4.74 Å². The molecule has 1 heterocycles. The first-order chi connectivity index (χ1) is 15.5. The third-order valence-corrected chi connectivity index (χ3v) is 5.42. The normalized spacial score (nSPS) is 15.6. The standard InChI is InChI=1S/C26H30N2O4/c1-3-4-5-6-7-11-18-32-22-16-14-20(15-17-22)19-23-24(29)27(2)26(31)28(25(23)30)21-12-9-8-10-13-21/h8-10,12-17,19H,3-7,11,18H2,1-2H3/b23-19-. The Morgan fingerprint density at radius 2 is 1.47 bits per heavy atom. The molecule has 4 amide bonds. The van der Waals surface area contributed by atoms with Gasteiger partial charge in [0.25, 0.3) is 11.8 Å². The van der Waals surface area contributed by atoms with Crippen LogP contribution >= 0.6 is 0 Å². The summed E-state index contributed by atoms with van der Waals surface area (Å²) in [7, 11) is 1.38. The van der Waals surface area contributed by atoms with E-state index in [1.807, 2.05) is 12.1 Å². The molecule has 6 nitrogen and oxygen atoms in total. The third-order valence-electron chi connectivity index (χ3n) is 5.42. The highest BCUT2D eigenvalue weighted by Gasteiger charge is 2.40. The van der Waals surface area contributed by atoms with Gasteiger partial charge in [0.2, 0.25) is 0 Å². The molecule has 0 unspecified atom stereocenters. The highest BCUT2D eigenvalue weighted by Crippen LogP contribution is 2.25. The second kappa shape index (κ2) is 11.3. The fourth-order valence-electron chi connectivity index (χ4n) is 3.54. The maximum absolute atomic E-state index is 13.0. The van der Waals surface area contributed by atoms with E-state index in [2.05, 4.69) is 6.92 Å². The minimum absolute atomic E-state index is 0.0586. The zero-order valence-electron chi connectivity index (χ0n) is 18.8. The number of imide groups is 2. The number of hydrogen-bond donors (Lipinski definition) is 0. The van der Waals surface area contributed by atoms with Crippen LogP contribution in [0.1, 0.15) is 51.0 Å². The van der Waals surface area contributed by atoms with Crippen molar-refractivity contribution < 1.29 is 19.1 Å². The Morgan fingerprint density at radius 1 is 0.812 bits per heavy atom. The molecule has 0 atom stereocenters. The van der Waals surface area contributed by atoms with Crippen molar-refractivity contribution in [2.45, 2.75) is 45.4 Å². The monoisotopic (exact) mass is 434 g/mol. The Kier molecular flexibility index (Phi) is 8.20. The Hall–Kier alpha value is -3.41. The van der Waals surface area contributed by atoms with Crippen LogP contribution in [0.2, 0.25) is 0 Å². The van der Waals surface area contributed by atoms with Gasteiger partial charge in [-0.1, -0.05) is 69.4 Å². The van der Waals surface area contributed by atoms with Gasteiger partial charge in [0, 0.05) is 7.05 Å². The number of nitrogens with zero attached hydrogens (tertiary/aromatic N) is 2. The highest BCUT2D eigenvalue weighted by atomic mass is 16.5. The number of hydrogen-bond acceptors (Lipinski definition) is 4. The lowest BCUT2D eigenvalue weighted by atomic mass is 10.1. The van der Waals surface area contributed by atoms with Crippen LogP contribution in [-0.4, -0.2) is 36.4 Å². The molecule has 0 aliphatic carbocycles. The first-order valence-electron chi connectivity index (χ1n) is 11.2. The van der Waals surface area contributed by atoms with E-state index in [0.717, 1.165) is 22.0 Å². The first-order valence-corrected chi connectivity index (χ1v) is 11.2. The van der Waals surface area contributed by atoms with Crippen LogP contribution in [0.5, 0.6) is 5.75 Å². The van der Waals surface area contributed by atoms with Gasteiger partial charge >= 0.3 is 6.03 Å². The number of benzene rings is 2. The largest absolute Gasteiger partial charge is 0.494 e. The smallest absolute Gasteiger partial charge is 0.338 e. The third kappa shape index (κ3) is 5.63. The molecule has 0 spiro atoms. The minimum atomic E-state index is -0.665. The summed E-state index contributed by atoms with van der Waals surface area (Å²) in [5.41, 5.74) is 1.05. The zero-order valence-corrected chi connectivity index (χ0v) is 18.8. The predicted molar refractivity (Wildman–Crippen MR) is 125 cm³/mol. The van der Waals surface area contributed by atoms with E-state index in [1.165, 1.54) is 45.2 Å². The number of barbiturate groups is 1. The summed E-state index contributed by atoms with van der Waals surface area (Å²) >= 11 is 0. The average molecular weight is 435 g/mol. The number of para-hydroxylation sites is 1. The number of unbranched alkanes of at least 4 members (excludes halogenated alkanes) is 5. The van der Waals surface area contributed by atoms with Crippen LogP contribution in [0.25, 0.3) is 6.08 Å². The van der Waals surface area contributed by atoms with Gasteiger partial charge in [-0.15, -0.1) is 0 Å². The van der Waals surface area contributed by atoms with Gasteiger partial charge in [-0.25, -0.2) is 9.69 Å². The van der Waals surface area contributed by atoms with Crippen LogP contribution < -0.4 is 9.64 Å². The van der Waals surface area contributed by atoms with E-state index < -0.39 is 17.8 Å². The zero-order chi connectivity index (χ0) is 22.9. The molecule has 1 saturated heterocycles. The van der Waals surface area contributed by atoms with Gasteiger partial charge in [0.15, 0.2) is 0 Å². The molecule has 2 aromatic rings. The fraction of sp³-hybridized carbons (Fsp3) is 0.346. The van der Waals surface area contributed by atoms with Gasteiger partial charge < -0.3 is 4.74 Å².